The van der Waals surface area contributed by atoms with Gasteiger partial charge < -0.3 is 15.2 Å². The predicted octanol–water partition coefficient (Wildman–Crippen LogP) is 4.33. The third-order valence-corrected chi connectivity index (χ3v) is 4.17. The van der Waals surface area contributed by atoms with E-state index in [-0.39, 0.29) is 22.6 Å². The lowest BCUT2D eigenvalue weighted by Crippen LogP contribution is -2.35. The normalized spacial score (nSPS) is 11.8. The van der Waals surface area contributed by atoms with Crippen molar-refractivity contribution < 1.29 is 32.6 Å². The molecule has 0 saturated carbocycles. The molecule has 1 amide bonds. The second-order valence-corrected chi connectivity index (χ2v) is 6.38. The van der Waals surface area contributed by atoms with Crippen LogP contribution in [-0.4, -0.2) is 24.1 Å². The number of halogens is 3. The number of hydrogen-bond acceptors (Lipinski definition) is 3. The molecular formula is C19H18F3NO4. The Morgan fingerprint density at radius 3 is 2.22 bits per heavy atom. The van der Waals surface area contributed by atoms with Crippen LogP contribution in [0.15, 0.2) is 42.5 Å². The standard InChI is InChI=1S/C19H18F3NO4/c1-18(2,11-5-4-6-12(9-11)19(20,21)22)17(26)23-13-7-8-14(16(24)25)15(10-13)27-3/h4-10H,1-3H3,(H,23,26)(H,24,25). The van der Waals surface area contributed by atoms with Gasteiger partial charge in [-0.1, -0.05) is 18.2 Å². The third-order valence-electron chi connectivity index (χ3n) is 4.17. The zero-order valence-corrected chi connectivity index (χ0v) is 14.8. The van der Waals surface area contributed by atoms with Gasteiger partial charge in [-0.25, -0.2) is 4.79 Å². The first-order chi connectivity index (χ1) is 12.5. The molecule has 2 aromatic carbocycles. The SMILES string of the molecule is COc1cc(NC(=O)C(C)(C)c2cccc(C(F)(F)F)c2)ccc1C(=O)O. The van der Waals surface area contributed by atoms with Crippen molar-refractivity contribution in [2.45, 2.75) is 25.4 Å². The Kier molecular flexibility index (Phi) is 5.48. The van der Waals surface area contributed by atoms with E-state index in [9.17, 15) is 22.8 Å². The Labute approximate surface area is 153 Å². The van der Waals surface area contributed by atoms with E-state index < -0.39 is 29.0 Å². The minimum atomic E-state index is -4.51. The average Bonchev–Trinajstić information content (AvgIpc) is 2.60. The van der Waals surface area contributed by atoms with Gasteiger partial charge in [-0.05, 0) is 37.6 Å². The van der Waals surface area contributed by atoms with Gasteiger partial charge in [0.1, 0.15) is 11.3 Å². The van der Waals surface area contributed by atoms with Crippen LogP contribution in [0.25, 0.3) is 0 Å². The maximum atomic E-state index is 12.9. The molecule has 27 heavy (non-hydrogen) atoms. The molecule has 0 atom stereocenters. The van der Waals surface area contributed by atoms with Gasteiger partial charge in [0, 0.05) is 11.8 Å². The number of rotatable bonds is 5. The summed E-state index contributed by atoms with van der Waals surface area (Å²) in [5.41, 5.74) is -1.72. The number of carboxylic acids is 1. The molecule has 0 spiro atoms. The Morgan fingerprint density at radius 1 is 1.04 bits per heavy atom. The van der Waals surface area contributed by atoms with Crippen molar-refractivity contribution >= 4 is 17.6 Å². The van der Waals surface area contributed by atoms with Crippen LogP contribution in [0.2, 0.25) is 0 Å². The Bertz CT molecular complexity index is 875. The molecule has 0 unspecified atom stereocenters. The van der Waals surface area contributed by atoms with Gasteiger partial charge in [0.15, 0.2) is 0 Å². The number of aromatic carboxylic acids is 1. The topological polar surface area (TPSA) is 75.6 Å². The van der Waals surface area contributed by atoms with Crippen LogP contribution in [-0.2, 0) is 16.4 Å². The maximum absolute atomic E-state index is 12.9. The second-order valence-electron chi connectivity index (χ2n) is 6.38. The Balaban J connectivity index is 2.30. The minimum absolute atomic E-state index is 0.0529. The summed E-state index contributed by atoms with van der Waals surface area (Å²) in [6, 6.07) is 8.56. The molecule has 0 aromatic heterocycles. The summed E-state index contributed by atoms with van der Waals surface area (Å²) < 4.78 is 43.8. The Morgan fingerprint density at radius 2 is 1.67 bits per heavy atom. The number of amides is 1. The molecule has 0 saturated heterocycles. The number of alkyl halides is 3. The van der Waals surface area contributed by atoms with Crippen LogP contribution < -0.4 is 10.1 Å². The highest BCUT2D eigenvalue weighted by atomic mass is 19.4. The molecular weight excluding hydrogens is 363 g/mol. The summed E-state index contributed by atoms with van der Waals surface area (Å²) in [6.07, 6.45) is -4.51. The molecule has 144 valence electrons. The van der Waals surface area contributed by atoms with Gasteiger partial charge in [0.25, 0.3) is 0 Å². The van der Waals surface area contributed by atoms with Crippen LogP contribution >= 0.6 is 0 Å². The average molecular weight is 381 g/mol. The highest BCUT2D eigenvalue weighted by molar-refractivity contribution is 5.99. The molecule has 0 bridgehead atoms. The number of benzene rings is 2. The lowest BCUT2D eigenvalue weighted by molar-refractivity contribution is -0.137. The zero-order chi connectivity index (χ0) is 20.4. The Hall–Kier alpha value is -3.03. The first kappa shape index (κ1) is 20.3. The number of carboxylic acid groups (broad SMARTS) is 1. The molecule has 0 radical (unpaired) electrons. The molecule has 0 aliphatic heterocycles. The third kappa shape index (κ3) is 4.39. The van der Waals surface area contributed by atoms with Crippen molar-refractivity contribution in [1.29, 1.82) is 0 Å². The largest absolute Gasteiger partial charge is 0.496 e. The van der Waals surface area contributed by atoms with Crippen molar-refractivity contribution in [3.8, 4) is 5.75 Å². The summed E-state index contributed by atoms with van der Waals surface area (Å²) in [5.74, 6) is -1.68. The van der Waals surface area contributed by atoms with Crippen molar-refractivity contribution in [2.75, 3.05) is 12.4 Å². The van der Waals surface area contributed by atoms with E-state index in [1.165, 1.54) is 51.3 Å². The van der Waals surface area contributed by atoms with E-state index in [4.69, 9.17) is 9.84 Å². The number of nitrogens with one attached hydrogen (secondary N) is 1. The number of ether oxygens (including phenoxy) is 1. The first-order valence-corrected chi connectivity index (χ1v) is 7.87. The van der Waals surface area contributed by atoms with Gasteiger partial charge in [-0.2, -0.15) is 13.2 Å². The lowest BCUT2D eigenvalue weighted by atomic mass is 9.83. The van der Waals surface area contributed by atoms with Crippen LogP contribution in [0.1, 0.15) is 35.3 Å². The van der Waals surface area contributed by atoms with Crippen LogP contribution in [0, 0.1) is 0 Å². The molecule has 0 fully saturated rings. The van der Waals surface area contributed by atoms with Gasteiger partial charge in [-0.15, -0.1) is 0 Å². The van der Waals surface area contributed by atoms with E-state index >= 15 is 0 Å². The smallest absolute Gasteiger partial charge is 0.416 e. The predicted molar refractivity (Wildman–Crippen MR) is 93.1 cm³/mol. The summed E-state index contributed by atoms with van der Waals surface area (Å²) in [7, 11) is 1.29. The molecule has 5 nitrogen and oxygen atoms in total. The highest BCUT2D eigenvalue weighted by Gasteiger charge is 2.35. The number of methoxy groups -OCH3 is 1. The fraction of sp³-hybridized carbons (Fsp3) is 0.263. The van der Waals surface area contributed by atoms with Gasteiger partial charge >= 0.3 is 12.1 Å². The fourth-order valence-electron chi connectivity index (χ4n) is 2.45. The van der Waals surface area contributed by atoms with Gasteiger partial charge in [0.2, 0.25) is 5.91 Å². The first-order valence-electron chi connectivity index (χ1n) is 7.87. The van der Waals surface area contributed by atoms with Crippen LogP contribution in [0.3, 0.4) is 0 Å². The molecule has 0 aliphatic rings. The maximum Gasteiger partial charge on any atom is 0.416 e. The van der Waals surface area contributed by atoms with Crippen molar-refractivity contribution in [1.82, 2.24) is 0 Å². The summed E-state index contributed by atoms with van der Waals surface area (Å²) in [6.45, 7) is 3.00. The molecule has 0 aliphatic carbocycles. The molecule has 8 heteroatoms. The lowest BCUT2D eigenvalue weighted by Gasteiger charge is -2.25. The number of carbonyl (C=O) groups excluding carboxylic acids is 1. The van der Waals surface area contributed by atoms with Crippen molar-refractivity contribution in [2.24, 2.45) is 0 Å². The van der Waals surface area contributed by atoms with Gasteiger partial charge in [0.05, 0.1) is 18.1 Å². The quantitative estimate of drug-likeness (QED) is 0.808. The summed E-state index contributed by atoms with van der Waals surface area (Å²) >= 11 is 0. The molecule has 2 aromatic rings. The van der Waals surface area contributed by atoms with Crippen LogP contribution in [0.5, 0.6) is 5.75 Å². The fourth-order valence-corrected chi connectivity index (χ4v) is 2.45. The van der Waals surface area contributed by atoms with E-state index in [2.05, 4.69) is 5.32 Å². The number of hydrogen-bond donors (Lipinski definition) is 2. The van der Waals surface area contributed by atoms with E-state index in [0.717, 1.165) is 12.1 Å². The van der Waals surface area contributed by atoms with E-state index in [1.54, 1.807) is 0 Å². The summed E-state index contributed by atoms with van der Waals surface area (Å²) in [5, 5.41) is 11.7. The number of carbonyl (C=O) groups is 2. The van der Waals surface area contributed by atoms with Crippen molar-refractivity contribution in [3.63, 3.8) is 0 Å². The number of anilines is 1. The molecule has 0 heterocycles. The second kappa shape index (κ2) is 7.30. The van der Waals surface area contributed by atoms with Crippen LogP contribution in [0.4, 0.5) is 18.9 Å². The monoisotopic (exact) mass is 381 g/mol. The van der Waals surface area contributed by atoms with E-state index in [0.29, 0.717) is 0 Å². The highest BCUT2D eigenvalue weighted by Crippen LogP contribution is 2.33. The molecule has 2 N–H and O–H groups in total. The zero-order valence-electron chi connectivity index (χ0n) is 14.8. The minimum Gasteiger partial charge on any atom is -0.496 e. The van der Waals surface area contributed by atoms with E-state index in [1.807, 2.05) is 0 Å². The molecule has 2 rings (SSSR count). The van der Waals surface area contributed by atoms with Gasteiger partial charge in [-0.3, -0.25) is 4.79 Å². The summed E-state index contributed by atoms with van der Waals surface area (Å²) in [4.78, 5) is 23.8. The van der Waals surface area contributed by atoms with Crippen molar-refractivity contribution in [3.05, 3.63) is 59.2 Å².